The first kappa shape index (κ1) is 20.4. The third kappa shape index (κ3) is 5.06. The fourth-order valence-corrected chi connectivity index (χ4v) is 2.75. The zero-order valence-electron chi connectivity index (χ0n) is 16.7. The van der Waals surface area contributed by atoms with Gasteiger partial charge in [-0.05, 0) is 34.6 Å². The van der Waals surface area contributed by atoms with Gasteiger partial charge in [0.1, 0.15) is 5.75 Å². The first-order valence-corrected chi connectivity index (χ1v) is 8.81. The van der Waals surface area contributed by atoms with Crippen molar-refractivity contribution < 1.29 is 10.0 Å². The number of phenolic OH excluding ortho intramolecular Hbond substituents is 1. The van der Waals surface area contributed by atoms with E-state index in [0.29, 0.717) is 11.4 Å². The normalized spacial score (nSPS) is 12.4. The summed E-state index contributed by atoms with van der Waals surface area (Å²) in [6.07, 6.45) is 1.66. The summed E-state index contributed by atoms with van der Waals surface area (Å²) in [6, 6.07) is 10.0. The number of aromatic hydroxyl groups is 1. The molecule has 6 nitrogen and oxygen atoms in total. The molecule has 0 radical (unpaired) electrons. The van der Waals surface area contributed by atoms with Crippen LogP contribution in [-0.4, -0.2) is 16.2 Å². The molecule has 2 rings (SSSR count). The molecule has 0 aromatic heterocycles. The van der Waals surface area contributed by atoms with Crippen molar-refractivity contribution in [3.05, 3.63) is 63.2 Å². The van der Waals surface area contributed by atoms with Gasteiger partial charge in [0.2, 0.25) is 0 Å². The van der Waals surface area contributed by atoms with Gasteiger partial charge in [0, 0.05) is 23.3 Å². The Morgan fingerprint density at radius 2 is 1.59 bits per heavy atom. The Morgan fingerprint density at radius 3 is 2.07 bits per heavy atom. The van der Waals surface area contributed by atoms with Crippen molar-refractivity contribution in [3.63, 3.8) is 0 Å². The van der Waals surface area contributed by atoms with Crippen molar-refractivity contribution in [1.29, 1.82) is 0 Å². The summed E-state index contributed by atoms with van der Waals surface area (Å²) in [5.41, 5.74) is 5.47. The van der Waals surface area contributed by atoms with E-state index in [0.717, 1.165) is 16.7 Å². The molecule has 2 aromatic rings. The predicted octanol–water partition coefficient (Wildman–Crippen LogP) is 5.34. The van der Waals surface area contributed by atoms with E-state index in [1.54, 1.807) is 18.3 Å². The van der Waals surface area contributed by atoms with Crippen LogP contribution in [0.15, 0.2) is 41.5 Å². The molecular formula is C21H27N3O3. The van der Waals surface area contributed by atoms with Crippen molar-refractivity contribution >= 4 is 17.6 Å². The number of non-ortho nitro benzene ring substituents is 1. The average molecular weight is 369 g/mol. The van der Waals surface area contributed by atoms with Crippen LogP contribution in [0.1, 0.15) is 58.2 Å². The van der Waals surface area contributed by atoms with Crippen LogP contribution in [-0.2, 0) is 10.8 Å². The molecule has 27 heavy (non-hydrogen) atoms. The molecule has 0 aliphatic carbocycles. The number of hydrogen-bond donors (Lipinski definition) is 2. The highest BCUT2D eigenvalue weighted by Crippen LogP contribution is 2.39. The lowest BCUT2D eigenvalue weighted by Crippen LogP contribution is -2.17. The first-order valence-electron chi connectivity index (χ1n) is 8.81. The van der Waals surface area contributed by atoms with Crippen LogP contribution >= 0.6 is 0 Å². The summed E-state index contributed by atoms with van der Waals surface area (Å²) < 4.78 is 0. The molecule has 0 bridgehead atoms. The second-order valence-electron chi connectivity index (χ2n) is 8.64. The number of nitro benzene ring substituents is 1. The minimum absolute atomic E-state index is 0.00451. The minimum atomic E-state index is -0.444. The van der Waals surface area contributed by atoms with Gasteiger partial charge in [0.25, 0.3) is 5.69 Å². The molecule has 2 N–H and O–H groups in total. The maximum Gasteiger partial charge on any atom is 0.271 e. The summed E-state index contributed by atoms with van der Waals surface area (Å²) >= 11 is 0. The van der Waals surface area contributed by atoms with Crippen molar-refractivity contribution in [2.75, 3.05) is 5.43 Å². The number of hydrazone groups is 1. The number of benzene rings is 2. The summed E-state index contributed by atoms with van der Waals surface area (Å²) in [6.45, 7) is 12.3. The molecule has 144 valence electrons. The molecule has 0 fully saturated rings. The minimum Gasteiger partial charge on any atom is -0.507 e. The second-order valence-corrected chi connectivity index (χ2v) is 8.64. The fraction of sp³-hybridized carbons (Fsp3) is 0.381. The second kappa shape index (κ2) is 7.39. The summed E-state index contributed by atoms with van der Waals surface area (Å²) in [5, 5.41) is 25.8. The van der Waals surface area contributed by atoms with Gasteiger partial charge in [-0.1, -0.05) is 47.6 Å². The zero-order chi connectivity index (χ0) is 20.4. The number of rotatable bonds is 4. The van der Waals surface area contributed by atoms with Crippen molar-refractivity contribution in [2.24, 2.45) is 5.10 Å². The highest BCUT2D eigenvalue weighted by molar-refractivity contribution is 5.82. The summed E-state index contributed by atoms with van der Waals surface area (Å²) in [4.78, 5) is 10.4. The van der Waals surface area contributed by atoms with E-state index >= 15 is 0 Å². The first-order chi connectivity index (χ1) is 12.4. The molecule has 6 heteroatoms. The quantitative estimate of drug-likeness (QED) is 0.432. The Labute approximate surface area is 160 Å². The van der Waals surface area contributed by atoms with Gasteiger partial charge in [-0.3, -0.25) is 15.5 Å². The van der Waals surface area contributed by atoms with Gasteiger partial charge in [-0.15, -0.1) is 0 Å². The highest BCUT2D eigenvalue weighted by atomic mass is 16.6. The third-order valence-corrected chi connectivity index (χ3v) is 4.21. The van der Waals surface area contributed by atoms with Crippen LogP contribution in [0.25, 0.3) is 0 Å². The maximum absolute atomic E-state index is 10.9. The average Bonchev–Trinajstić information content (AvgIpc) is 2.54. The van der Waals surface area contributed by atoms with E-state index in [-0.39, 0.29) is 16.5 Å². The number of hydrogen-bond acceptors (Lipinski definition) is 5. The zero-order valence-corrected chi connectivity index (χ0v) is 16.7. The number of nitro groups is 1. The molecule has 0 saturated heterocycles. The summed E-state index contributed by atoms with van der Waals surface area (Å²) in [7, 11) is 0. The lowest BCUT2D eigenvalue weighted by atomic mass is 9.78. The number of anilines is 1. The Bertz CT molecular complexity index is 840. The van der Waals surface area contributed by atoms with Gasteiger partial charge >= 0.3 is 0 Å². The number of nitrogens with zero attached hydrogens (tertiary/aromatic N) is 2. The molecule has 2 aromatic carbocycles. The van der Waals surface area contributed by atoms with Crippen LogP contribution in [0.2, 0.25) is 0 Å². The Kier molecular flexibility index (Phi) is 5.59. The largest absolute Gasteiger partial charge is 0.507 e. The van der Waals surface area contributed by atoms with E-state index in [1.165, 1.54) is 12.1 Å². The summed E-state index contributed by atoms with van der Waals surface area (Å²) in [5.74, 6) is 0.318. The van der Waals surface area contributed by atoms with E-state index in [2.05, 4.69) is 52.1 Å². The highest BCUT2D eigenvalue weighted by Gasteiger charge is 2.26. The van der Waals surface area contributed by atoms with Gasteiger partial charge in [0.05, 0.1) is 16.8 Å². The molecule has 0 amide bonds. The molecule has 0 saturated carbocycles. The topological polar surface area (TPSA) is 87.8 Å². The van der Waals surface area contributed by atoms with Gasteiger partial charge in [0.15, 0.2) is 0 Å². The van der Waals surface area contributed by atoms with Gasteiger partial charge < -0.3 is 5.11 Å². The fourth-order valence-electron chi connectivity index (χ4n) is 2.75. The van der Waals surface area contributed by atoms with Crippen LogP contribution in [0.5, 0.6) is 5.75 Å². The smallest absolute Gasteiger partial charge is 0.271 e. The molecule has 0 atom stereocenters. The third-order valence-electron chi connectivity index (χ3n) is 4.21. The molecular weight excluding hydrogens is 342 g/mol. The van der Waals surface area contributed by atoms with Crippen LogP contribution in [0.4, 0.5) is 11.4 Å². The number of phenols is 1. The van der Waals surface area contributed by atoms with E-state index in [4.69, 9.17) is 0 Å². The standard InChI is InChI=1S/C21H27N3O3/c1-20(2,3)17-10-14(11-18(19(17)25)21(4,5)6)13-22-23-15-8-7-9-16(12-15)24(26)27/h7-13,23,25H,1-6H3. The van der Waals surface area contributed by atoms with Crippen molar-refractivity contribution in [2.45, 2.75) is 52.4 Å². The van der Waals surface area contributed by atoms with Crippen LogP contribution in [0.3, 0.4) is 0 Å². The molecule has 0 heterocycles. The monoisotopic (exact) mass is 369 g/mol. The Balaban J connectivity index is 2.37. The Morgan fingerprint density at radius 1 is 1.04 bits per heavy atom. The van der Waals surface area contributed by atoms with E-state index in [1.807, 2.05) is 12.1 Å². The molecule has 0 aliphatic heterocycles. The van der Waals surface area contributed by atoms with Gasteiger partial charge in [-0.25, -0.2) is 0 Å². The lowest BCUT2D eigenvalue weighted by molar-refractivity contribution is -0.384. The molecule has 0 spiro atoms. The number of nitrogens with one attached hydrogen (secondary N) is 1. The lowest BCUT2D eigenvalue weighted by Gasteiger charge is -2.27. The van der Waals surface area contributed by atoms with Gasteiger partial charge in [-0.2, -0.15) is 5.10 Å². The molecule has 0 aliphatic rings. The molecule has 0 unspecified atom stereocenters. The Hall–Kier alpha value is -2.89. The van der Waals surface area contributed by atoms with Crippen molar-refractivity contribution in [3.8, 4) is 5.75 Å². The van der Waals surface area contributed by atoms with Crippen LogP contribution in [0, 0.1) is 10.1 Å². The van der Waals surface area contributed by atoms with Crippen molar-refractivity contribution in [1.82, 2.24) is 0 Å². The SMILES string of the molecule is CC(C)(C)c1cc(C=NNc2cccc([N+](=O)[O-])c2)cc(C(C)(C)C)c1O. The van der Waals surface area contributed by atoms with E-state index in [9.17, 15) is 15.2 Å². The van der Waals surface area contributed by atoms with Crippen LogP contribution < -0.4 is 5.43 Å². The maximum atomic E-state index is 10.9. The van der Waals surface area contributed by atoms with E-state index < -0.39 is 4.92 Å². The predicted molar refractivity (Wildman–Crippen MR) is 110 cm³/mol.